The van der Waals surface area contributed by atoms with Gasteiger partial charge in [0, 0.05) is 20.2 Å². The molecule has 7 heteroatoms. The number of rotatable bonds is 6. The van der Waals surface area contributed by atoms with Crippen LogP contribution in [0.4, 0.5) is 0 Å². The van der Waals surface area contributed by atoms with Crippen molar-refractivity contribution in [1.82, 2.24) is 20.2 Å². The molecule has 0 aliphatic carbocycles. The number of fused-ring (bicyclic) bond motifs is 1. The predicted octanol–water partition coefficient (Wildman–Crippen LogP) is 0.462. The van der Waals surface area contributed by atoms with E-state index in [1.54, 1.807) is 11.7 Å². The van der Waals surface area contributed by atoms with Gasteiger partial charge in [-0.05, 0) is 38.1 Å². The SMILES string of the molecule is COCC1(C(=O)NCCn2c(=O)[nH]c3ccccc32)CCNCC1. The summed E-state index contributed by atoms with van der Waals surface area (Å²) in [5.41, 5.74) is 1.04. The number of para-hydroxylation sites is 2. The zero-order valence-corrected chi connectivity index (χ0v) is 13.9. The highest BCUT2D eigenvalue weighted by Gasteiger charge is 2.39. The molecule has 1 aromatic heterocycles. The molecular formula is C17H24N4O3. The van der Waals surface area contributed by atoms with Crippen molar-refractivity contribution in [3.05, 3.63) is 34.7 Å². The molecule has 0 unspecified atom stereocenters. The molecule has 2 aromatic rings. The van der Waals surface area contributed by atoms with Crippen molar-refractivity contribution in [2.75, 3.05) is 33.4 Å². The summed E-state index contributed by atoms with van der Waals surface area (Å²) < 4.78 is 6.94. The molecule has 1 saturated heterocycles. The van der Waals surface area contributed by atoms with E-state index in [9.17, 15) is 9.59 Å². The second-order valence-electron chi connectivity index (χ2n) is 6.32. The second kappa shape index (κ2) is 7.19. The Morgan fingerprint density at radius 3 is 2.83 bits per heavy atom. The van der Waals surface area contributed by atoms with Gasteiger partial charge in [0.05, 0.1) is 23.1 Å². The normalized spacial score (nSPS) is 17.0. The van der Waals surface area contributed by atoms with Crippen LogP contribution in [0, 0.1) is 5.41 Å². The average Bonchev–Trinajstić information content (AvgIpc) is 2.91. The Kier molecular flexibility index (Phi) is 5.01. The van der Waals surface area contributed by atoms with Crippen LogP contribution >= 0.6 is 0 Å². The van der Waals surface area contributed by atoms with Gasteiger partial charge in [-0.15, -0.1) is 0 Å². The van der Waals surface area contributed by atoms with Gasteiger partial charge in [0.25, 0.3) is 0 Å². The molecule has 0 spiro atoms. The number of aromatic amines is 1. The molecule has 0 radical (unpaired) electrons. The Morgan fingerprint density at radius 1 is 1.33 bits per heavy atom. The fourth-order valence-electron chi connectivity index (χ4n) is 3.42. The third-order valence-electron chi connectivity index (χ3n) is 4.77. The van der Waals surface area contributed by atoms with Crippen LogP contribution in [0.5, 0.6) is 0 Å². The van der Waals surface area contributed by atoms with E-state index in [-0.39, 0.29) is 11.6 Å². The molecule has 0 saturated carbocycles. The van der Waals surface area contributed by atoms with Crippen LogP contribution in [0.3, 0.4) is 0 Å². The van der Waals surface area contributed by atoms with Crippen molar-refractivity contribution in [2.24, 2.45) is 5.41 Å². The molecule has 1 aromatic carbocycles. The molecule has 1 amide bonds. The molecule has 130 valence electrons. The topological polar surface area (TPSA) is 88.2 Å². The Labute approximate surface area is 140 Å². The number of H-pyrrole nitrogens is 1. The number of hydrogen-bond donors (Lipinski definition) is 3. The van der Waals surface area contributed by atoms with Crippen LogP contribution in [0.2, 0.25) is 0 Å². The van der Waals surface area contributed by atoms with Crippen molar-refractivity contribution < 1.29 is 9.53 Å². The molecular weight excluding hydrogens is 308 g/mol. The van der Waals surface area contributed by atoms with E-state index in [1.165, 1.54) is 0 Å². The van der Waals surface area contributed by atoms with Gasteiger partial charge in [-0.25, -0.2) is 4.79 Å². The average molecular weight is 332 g/mol. The van der Waals surface area contributed by atoms with Crippen LogP contribution < -0.4 is 16.3 Å². The molecule has 1 aliphatic heterocycles. The highest BCUT2D eigenvalue weighted by molar-refractivity contribution is 5.83. The molecule has 0 atom stereocenters. The van der Waals surface area contributed by atoms with E-state index in [4.69, 9.17) is 4.74 Å². The van der Waals surface area contributed by atoms with Crippen LogP contribution in [0.15, 0.2) is 29.1 Å². The van der Waals surface area contributed by atoms with E-state index in [0.717, 1.165) is 37.0 Å². The monoisotopic (exact) mass is 332 g/mol. The van der Waals surface area contributed by atoms with Crippen molar-refractivity contribution in [3.63, 3.8) is 0 Å². The minimum Gasteiger partial charge on any atom is -0.384 e. The number of benzene rings is 1. The number of hydrogen-bond acceptors (Lipinski definition) is 4. The van der Waals surface area contributed by atoms with E-state index >= 15 is 0 Å². The Morgan fingerprint density at radius 2 is 2.08 bits per heavy atom. The van der Waals surface area contributed by atoms with Crippen molar-refractivity contribution in [1.29, 1.82) is 0 Å². The summed E-state index contributed by atoms with van der Waals surface area (Å²) in [5.74, 6) is 0.0127. The minimum atomic E-state index is -0.467. The van der Waals surface area contributed by atoms with Gasteiger partial charge in [0.15, 0.2) is 0 Å². The maximum atomic E-state index is 12.7. The van der Waals surface area contributed by atoms with Gasteiger partial charge in [-0.1, -0.05) is 12.1 Å². The van der Waals surface area contributed by atoms with Gasteiger partial charge in [-0.2, -0.15) is 0 Å². The van der Waals surface area contributed by atoms with Crippen LogP contribution in [-0.4, -0.2) is 48.8 Å². The quantitative estimate of drug-likeness (QED) is 0.717. The molecule has 3 N–H and O–H groups in total. The lowest BCUT2D eigenvalue weighted by Gasteiger charge is -2.35. The first-order valence-corrected chi connectivity index (χ1v) is 8.32. The predicted molar refractivity (Wildman–Crippen MR) is 92.0 cm³/mol. The summed E-state index contributed by atoms with van der Waals surface area (Å²) in [6, 6.07) is 7.55. The zero-order valence-electron chi connectivity index (χ0n) is 13.9. The van der Waals surface area contributed by atoms with Crippen LogP contribution in [0.25, 0.3) is 11.0 Å². The summed E-state index contributed by atoms with van der Waals surface area (Å²) in [5, 5.41) is 6.26. The minimum absolute atomic E-state index is 0.0127. The van der Waals surface area contributed by atoms with Crippen molar-refractivity contribution in [2.45, 2.75) is 19.4 Å². The first-order valence-electron chi connectivity index (χ1n) is 8.32. The number of piperidine rings is 1. The van der Waals surface area contributed by atoms with Gasteiger partial charge in [0.2, 0.25) is 5.91 Å². The number of methoxy groups -OCH3 is 1. The van der Waals surface area contributed by atoms with Crippen molar-refractivity contribution >= 4 is 16.9 Å². The fraction of sp³-hybridized carbons (Fsp3) is 0.529. The molecule has 3 rings (SSSR count). The fourth-order valence-corrected chi connectivity index (χ4v) is 3.42. The summed E-state index contributed by atoms with van der Waals surface area (Å²) in [7, 11) is 1.63. The lowest BCUT2D eigenvalue weighted by atomic mass is 9.78. The van der Waals surface area contributed by atoms with E-state index in [1.807, 2.05) is 24.3 Å². The van der Waals surface area contributed by atoms with E-state index in [0.29, 0.717) is 19.7 Å². The molecule has 2 heterocycles. The maximum Gasteiger partial charge on any atom is 0.326 e. The standard InChI is InChI=1S/C17H24N4O3/c1-24-12-17(6-8-18-9-7-17)15(22)19-10-11-21-14-5-3-2-4-13(14)20-16(21)23/h2-5,18H,6-12H2,1H3,(H,19,22)(H,20,23). The summed E-state index contributed by atoms with van der Waals surface area (Å²) >= 11 is 0. The highest BCUT2D eigenvalue weighted by atomic mass is 16.5. The molecule has 0 bridgehead atoms. The lowest BCUT2D eigenvalue weighted by Crippen LogP contribution is -2.50. The molecule has 24 heavy (non-hydrogen) atoms. The number of carbonyl (C=O) groups is 1. The number of nitrogens with one attached hydrogen (secondary N) is 3. The number of aromatic nitrogens is 2. The third-order valence-corrected chi connectivity index (χ3v) is 4.77. The molecule has 1 fully saturated rings. The second-order valence-corrected chi connectivity index (χ2v) is 6.32. The highest BCUT2D eigenvalue weighted by Crippen LogP contribution is 2.29. The number of ether oxygens (including phenoxy) is 1. The number of carbonyl (C=O) groups excluding carboxylic acids is 1. The molecule has 7 nitrogen and oxygen atoms in total. The Hall–Kier alpha value is -2.12. The number of nitrogens with zero attached hydrogens (tertiary/aromatic N) is 1. The Bertz CT molecular complexity index is 753. The van der Waals surface area contributed by atoms with E-state index in [2.05, 4.69) is 15.6 Å². The van der Waals surface area contributed by atoms with E-state index < -0.39 is 5.41 Å². The van der Waals surface area contributed by atoms with Crippen molar-refractivity contribution in [3.8, 4) is 0 Å². The zero-order chi connectivity index (χ0) is 17.0. The summed E-state index contributed by atoms with van der Waals surface area (Å²) in [6.45, 7) is 2.92. The third kappa shape index (κ3) is 3.22. The molecule has 1 aliphatic rings. The summed E-state index contributed by atoms with van der Waals surface area (Å²) in [6.07, 6.45) is 1.53. The first kappa shape index (κ1) is 16.7. The van der Waals surface area contributed by atoms with Gasteiger partial charge < -0.3 is 20.4 Å². The lowest BCUT2D eigenvalue weighted by molar-refractivity contribution is -0.136. The maximum absolute atomic E-state index is 12.7. The summed E-state index contributed by atoms with van der Waals surface area (Å²) in [4.78, 5) is 27.5. The van der Waals surface area contributed by atoms with Crippen LogP contribution in [0.1, 0.15) is 12.8 Å². The van der Waals surface area contributed by atoms with Gasteiger partial charge >= 0.3 is 5.69 Å². The first-order chi connectivity index (χ1) is 11.7. The van der Waals surface area contributed by atoms with Gasteiger partial charge in [-0.3, -0.25) is 9.36 Å². The van der Waals surface area contributed by atoms with Crippen LogP contribution in [-0.2, 0) is 16.1 Å². The number of amides is 1. The Balaban J connectivity index is 1.65. The largest absolute Gasteiger partial charge is 0.384 e. The smallest absolute Gasteiger partial charge is 0.326 e. The number of imidazole rings is 1. The van der Waals surface area contributed by atoms with Gasteiger partial charge in [0.1, 0.15) is 0 Å².